The van der Waals surface area contributed by atoms with Gasteiger partial charge >= 0.3 is 0 Å². The molecule has 2 fully saturated rings. The average Bonchev–Trinajstić information content (AvgIpc) is 3.52. The van der Waals surface area contributed by atoms with Crippen LogP contribution in [0.1, 0.15) is 52.4 Å². The number of ether oxygens (including phenoxy) is 1. The van der Waals surface area contributed by atoms with Crippen molar-refractivity contribution in [2.75, 3.05) is 24.4 Å². The highest BCUT2D eigenvalue weighted by molar-refractivity contribution is 7.93. The molecule has 1 saturated heterocycles. The Morgan fingerprint density at radius 3 is 2.46 bits per heavy atom. The predicted octanol–water partition coefficient (Wildman–Crippen LogP) is 2.82. The smallest absolute Gasteiger partial charge is 0.237 e. The molecule has 8 heteroatoms. The summed E-state index contributed by atoms with van der Waals surface area (Å²) in [6.45, 7) is 5.68. The number of anilines is 1. The minimum absolute atomic E-state index is 0.0282. The minimum atomic E-state index is -3.27. The maximum absolute atomic E-state index is 12.3. The standard InChI is InChI=1S/C20H31N3O4S/c1-15(2)4-9-20(24)23-12-10-17(11-13-23)27-19-8-5-16(14-21-19)22(3)28(25,26)18-6-7-18/h5,8,14-15,17-18H,4,6-7,9-13H2,1-3H3. The summed E-state index contributed by atoms with van der Waals surface area (Å²) in [4.78, 5) is 18.4. The number of rotatable bonds is 8. The van der Waals surface area contributed by atoms with Crippen molar-refractivity contribution in [1.82, 2.24) is 9.88 Å². The number of pyridine rings is 1. The second-order valence-corrected chi connectivity index (χ2v) is 10.4. The van der Waals surface area contributed by atoms with E-state index in [9.17, 15) is 13.2 Å². The van der Waals surface area contributed by atoms with Crippen LogP contribution < -0.4 is 9.04 Å². The zero-order valence-electron chi connectivity index (χ0n) is 17.0. The van der Waals surface area contributed by atoms with Gasteiger partial charge in [-0.2, -0.15) is 0 Å². The van der Waals surface area contributed by atoms with Crippen molar-refractivity contribution in [3.63, 3.8) is 0 Å². The topological polar surface area (TPSA) is 79.8 Å². The van der Waals surface area contributed by atoms with E-state index in [1.165, 1.54) is 4.31 Å². The summed E-state index contributed by atoms with van der Waals surface area (Å²) in [5.41, 5.74) is 0.546. The molecule has 0 bridgehead atoms. The van der Waals surface area contributed by atoms with Crippen LogP contribution in [0, 0.1) is 5.92 Å². The summed E-state index contributed by atoms with van der Waals surface area (Å²) >= 11 is 0. The molecule has 1 saturated carbocycles. The van der Waals surface area contributed by atoms with Crippen LogP contribution in [0.2, 0.25) is 0 Å². The normalized spacial score (nSPS) is 18.4. The van der Waals surface area contributed by atoms with E-state index in [0.29, 0.717) is 37.0 Å². The Hall–Kier alpha value is -1.83. The maximum Gasteiger partial charge on any atom is 0.237 e. The molecule has 1 aromatic heterocycles. The van der Waals surface area contributed by atoms with Gasteiger partial charge in [0.2, 0.25) is 21.8 Å². The van der Waals surface area contributed by atoms with Gasteiger partial charge in [0.1, 0.15) is 6.10 Å². The Morgan fingerprint density at radius 1 is 1.25 bits per heavy atom. The van der Waals surface area contributed by atoms with Crippen LogP contribution in [0.4, 0.5) is 5.69 Å². The highest BCUT2D eigenvalue weighted by atomic mass is 32.2. The lowest BCUT2D eigenvalue weighted by Crippen LogP contribution is -2.41. The van der Waals surface area contributed by atoms with Gasteiger partial charge in [-0.05, 0) is 31.2 Å². The van der Waals surface area contributed by atoms with Crippen LogP contribution in [0.15, 0.2) is 18.3 Å². The molecule has 0 N–H and O–H groups in total. The highest BCUT2D eigenvalue weighted by Gasteiger charge is 2.39. The van der Waals surface area contributed by atoms with Gasteiger partial charge in [0.15, 0.2) is 0 Å². The minimum Gasteiger partial charge on any atom is -0.474 e. The summed E-state index contributed by atoms with van der Waals surface area (Å²) < 4.78 is 31.9. The number of amides is 1. The van der Waals surface area contributed by atoms with Crippen LogP contribution in [0.25, 0.3) is 0 Å². The second kappa shape index (κ2) is 8.68. The van der Waals surface area contributed by atoms with E-state index in [2.05, 4.69) is 18.8 Å². The van der Waals surface area contributed by atoms with Crippen molar-refractivity contribution in [3.05, 3.63) is 18.3 Å². The molecule has 1 amide bonds. The van der Waals surface area contributed by atoms with Crippen LogP contribution >= 0.6 is 0 Å². The zero-order chi connectivity index (χ0) is 20.3. The summed E-state index contributed by atoms with van der Waals surface area (Å²) in [5, 5.41) is -0.248. The second-order valence-electron chi connectivity index (χ2n) is 8.20. The Balaban J connectivity index is 1.48. The third-order valence-electron chi connectivity index (χ3n) is 5.43. The molecule has 7 nitrogen and oxygen atoms in total. The number of hydrogen-bond acceptors (Lipinski definition) is 5. The average molecular weight is 410 g/mol. The van der Waals surface area contributed by atoms with Gasteiger partial charge in [0.25, 0.3) is 0 Å². The van der Waals surface area contributed by atoms with E-state index in [1.54, 1.807) is 25.4 Å². The highest BCUT2D eigenvalue weighted by Crippen LogP contribution is 2.32. The zero-order valence-corrected chi connectivity index (χ0v) is 17.8. The molecular formula is C20H31N3O4S. The van der Waals surface area contributed by atoms with Crippen molar-refractivity contribution >= 4 is 21.6 Å². The van der Waals surface area contributed by atoms with Crippen LogP contribution in [-0.4, -0.2) is 55.7 Å². The van der Waals surface area contributed by atoms with E-state index in [0.717, 1.165) is 32.1 Å². The summed E-state index contributed by atoms with van der Waals surface area (Å²) in [6, 6.07) is 3.45. The Labute approximate surface area is 168 Å². The molecule has 0 aromatic carbocycles. The fourth-order valence-electron chi connectivity index (χ4n) is 3.33. The fraction of sp³-hybridized carbons (Fsp3) is 0.700. The number of nitrogens with zero attached hydrogens (tertiary/aromatic N) is 3. The van der Waals surface area contributed by atoms with Crippen LogP contribution in [-0.2, 0) is 14.8 Å². The maximum atomic E-state index is 12.3. The SMILES string of the molecule is CC(C)CCC(=O)N1CCC(Oc2ccc(N(C)S(=O)(=O)C3CC3)cn2)CC1. The molecule has 3 rings (SSSR count). The van der Waals surface area contributed by atoms with Crippen molar-refractivity contribution in [1.29, 1.82) is 0 Å². The number of carbonyl (C=O) groups excluding carboxylic acids is 1. The van der Waals surface area contributed by atoms with E-state index < -0.39 is 10.0 Å². The number of likely N-dealkylation sites (tertiary alicyclic amines) is 1. The molecule has 2 heterocycles. The molecule has 0 unspecified atom stereocenters. The first kappa shape index (κ1) is 20.9. The van der Waals surface area contributed by atoms with Crippen molar-refractivity contribution in [2.45, 2.75) is 63.7 Å². The Bertz CT molecular complexity index is 767. The molecule has 1 aliphatic heterocycles. The lowest BCUT2D eigenvalue weighted by Gasteiger charge is -2.32. The molecular weight excluding hydrogens is 378 g/mol. The lowest BCUT2D eigenvalue weighted by molar-refractivity contribution is -0.133. The van der Waals surface area contributed by atoms with Gasteiger partial charge in [-0.3, -0.25) is 9.10 Å². The quantitative estimate of drug-likeness (QED) is 0.660. The fourth-order valence-corrected chi connectivity index (χ4v) is 4.91. The van der Waals surface area contributed by atoms with Crippen molar-refractivity contribution < 1.29 is 17.9 Å². The molecule has 28 heavy (non-hydrogen) atoms. The molecule has 1 aliphatic carbocycles. The third kappa shape index (κ3) is 5.16. The lowest BCUT2D eigenvalue weighted by atomic mass is 10.0. The first-order chi connectivity index (χ1) is 13.3. The van der Waals surface area contributed by atoms with Gasteiger partial charge in [0, 0.05) is 45.5 Å². The van der Waals surface area contributed by atoms with E-state index in [-0.39, 0.29) is 17.3 Å². The first-order valence-corrected chi connectivity index (χ1v) is 11.7. The van der Waals surface area contributed by atoms with Gasteiger partial charge in [0.05, 0.1) is 17.1 Å². The largest absolute Gasteiger partial charge is 0.474 e. The van der Waals surface area contributed by atoms with E-state index in [4.69, 9.17) is 4.74 Å². The van der Waals surface area contributed by atoms with Crippen LogP contribution in [0.3, 0.4) is 0 Å². The molecule has 1 aromatic rings. The van der Waals surface area contributed by atoms with Crippen molar-refractivity contribution in [3.8, 4) is 5.88 Å². The van der Waals surface area contributed by atoms with E-state index in [1.807, 2.05) is 4.90 Å². The van der Waals surface area contributed by atoms with Gasteiger partial charge in [-0.25, -0.2) is 13.4 Å². The summed E-state index contributed by atoms with van der Waals surface area (Å²) in [7, 11) is -1.70. The summed E-state index contributed by atoms with van der Waals surface area (Å²) in [5.74, 6) is 1.26. The Morgan fingerprint density at radius 2 is 1.93 bits per heavy atom. The van der Waals surface area contributed by atoms with Gasteiger partial charge in [-0.1, -0.05) is 13.8 Å². The molecule has 0 spiro atoms. The number of sulfonamides is 1. The molecule has 0 radical (unpaired) electrons. The number of hydrogen-bond donors (Lipinski definition) is 0. The summed E-state index contributed by atoms with van der Waals surface area (Å²) in [6.07, 6.45) is 6.15. The Kier molecular flexibility index (Phi) is 6.47. The predicted molar refractivity (Wildman–Crippen MR) is 109 cm³/mol. The molecule has 2 aliphatic rings. The van der Waals surface area contributed by atoms with E-state index >= 15 is 0 Å². The van der Waals surface area contributed by atoms with Crippen molar-refractivity contribution in [2.24, 2.45) is 5.92 Å². The number of carbonyl (C=O) groups is 1. The molecule has 0 atom stereocenters. The van der Waals surface area contributed by atoms with Gasteiger partial charge < -0.3 is 9.64 Å². The number of aromatic nitrogens is 1. The third-order valence-corrected chi connectivity index (χ3v) is 7.72. The van der Waals surface area contributed by atoms with Crippen LogP contribution in [0.5, 0.6) is 5.88 Å². The number of piperidine rings is 1. The first-order valence-electron chi connectivity index (χ1n) is 10.2. The van der Waals surface area contributed by atoms with Gasteiger partial charge in [-0.15, -0.1) is 0 Å². The molecule has 156 valence electrons. The monoisotopic (exact) mass is 409 g/mol.